The third kappa shape index (κ3) is 3.13. The zero-order valence-electron chi connectivity index (χ0n) is 13.0. The van der Waals surface area contributed by atoms with Crippen molar-refractivity contribution < 1.29 is 14.3 Å². The highest BCUT2D eigenvalue weighted by atomic mass is 16.5. The fourth-order valence-corrected chi connectivity index (χ4v) is 2.95. The molecule has 1 aromatic rings. The van der Waals surface area contributed by atoms with Crippen LogP contribution in [0.1, 0.15) is 37.8 Å². The first-order valence-electron chi connectivity index (χ1n) is 7.39. The van der Waals surface area contributed by atoms with Gasteiger partial charge in [-0.05, 0) is 31.0 Å². The highest BCUT2D eigenvalue weighted by Crippen LogP contribution is 2.38. The lowest BCUT2D eigenvalue weighted by atomic mass is 9.89. The van der Waals surface area contributed by atoms with E-state index in [0.717, 1.165) is 23.5 Å². The van der Waals surface area contributed by atoms with Gasteiger partial charge in [0.15, 0.2) is 0 Å². The summed E-state index contributed by atoms with van der Waals surface area (Å²) in [6, 6.07) is 5.39. The van der Waals surface area contributed by atoms with E-state index in [9.17, 15) is 4.79 Å². The lowest BCUT2D eigenvalue weighted by Gasteiger charge is -2.40. The number of ether oxygens (including phenoxy) is 2. The zero-order valence-corrected chi connectivity index (χ0v) is 13.0. The second-order valence-electron chi connectivity index (χ2n) is 5.34. The van der Waals surface area contributed by atoms with Gasteiger partial charge in [-0.1, -0.05) is 6.92 Å². The number of nitrogens with two attached hydrogens (primary N) is 1. The van der Waals surface area contributed by atoms with Crippen molar-refractivity contribution in [3.8, 4) is 11.5 Å². The number of hydrogen-bond acceptors (Lipinski definition) is 4. The molecule has 0 spiro atoms. The molecule has 5 heteroatoms. The molecule has 0 aliphatic carbocycles. The molecular formula is C16H24N2O3. The summed E-state index contributed by atoms with van der Waals surface area (Å²) in [5, 5.41) is 0. The van der Waals surface area contributed by atoms with Gasteiger partial charge in [0.05, 0.1) is 20.3 Å². The van der Waals surface area contributed by atoms with E-state index in [4.69, 9.17) is 15.2 Å². The smallest absolute Gasteiger partial charge is 0.223 e. The third-order valence-corrected chi connectivity index (χ3v) is 3.97. The van der Waals surface area contributed by atoms with Crippen LogP contribution in [0.25, 0.3) is 0 Å². The number of amides is 1. The van der Waals surface area contributed by atoms with Gasteiger partial charge in [-0.2, -0.15) is 0 Å². The number of likely N-dealkylation sites (tertiary alicyclic amines) is 1. The maximum Gasteiger partial charge on any atom is 0.223 e. The number of piperidine rings is 1. The second kappa shape index (κ2) is 6.80. The predicted molar refractivity (Wildman–Crippen MR) is 81.5 cm³/mol. The van der Waals surface area contributed by atoms with E-state index in [2.05, 4.69) is 6.92 Å². The SMILES string of the molecule is CCCN1C(=O)CCC(N)C1c1cc(OC)ccc1OC. The van der Waals surface area contributed by atoms with E-state index in [-0.39, 0.29) is 18.0 Å². The Morgan fingerprint density at radius 2 is 2.10 bits per heavy atom. The van der Waals surface area contributed by atoms with Crippen molar-refractivity contribution in [1.82, 2.24) is 4.90 Å². The van der Waals surface area contributed by atoms with Gasteiger partial charge in [-0.15, -0.1) is 0 Å². The molecule has 0 aromatic heterocycles. The van der Waals surface area contributed by atoms with Crippen LogP contribution >= 0.6 is 0 Å². The Hall–Kier alpha value is -1.75. The van der Waals surface area contributed by atoms with E-state index in [1.807, 2.05) is 23.1 Å². The average molecular weight is 292 g/mol. The molecule has 1 aliphatic rings. The van der Waals surface area contributed by atoms with Gasteiger partial charge in [0, 0.05) is 24.6 Å². The normalized spacial score (nSPS) is 22.3. The van der Waals surface area contributed by atoms with Gasteiger partial charge in [0.25, 0.3) is 0 Å². The minimum absolute atomic E-state index is 0.0877. The summed E-state index contributed by atoms with van der Waals surface area (Å²) < 4.78 is 10.8. The first-order valence-corrected chi connectivity index (χ1v) is 7.39. The molecule has 1 fully saturated rings. The number of rotatable bonds is 5. The standard InChI is InChI=1S/C16H24N2O3/c1-4-9-18-15(19)8-6-13(17)16(18)12-10-11(20-2)5-7-14(12)21-3/h5,7,10,13,16H,4,6,8-9,17H2,1-3H3. The molecule has 0 radical (unpaired) electrons. The molecule has 1 aliphatic heterocycles. The monoisotopic (exact) mass is 292 g/mol. The molecule has 5 nitrogen and oxygen atoms in total. The van der Waals surface area contributed by atoms with Gasteiger partial charge >= 0.3 is 0 Å². The number of carbonyl (C=O) groups is 1. The number of hydrogen-bond donors (Lipinski definition) is 1. The fourth-order valence-electron chi connectivity index (χ4n) is 2.95. The van der Waals surface area contributed by atoms with Crippen molar-refractivity contribution >= 4 is 5.91 Å². The minimum Gasteiger partial charge on any atom is -0.497 e. The fraction of sp³-hybridized carbons (Fsp3) is 0.562. The third-order valence-electron chi connectivity index (χ3n) is 3.97. The highest BCUT2D eigenvalue weighted by molar-refractivity contribution is 5.78. The molecule has 2 atom stereocenters. The first-order chi connectivity index (χ1) is 10.1. The van der Waals surface area contributed by atoms with Gasteiger partial charge in [-0.25, -0.2) is 0 Å². The van der Waals surface area contributed by atoms with Crippen LogP contribution in [0.4, 0.5) is 0 Å². The van der Waals surface area contributed by atoms with E-state index in [1.54, 1.807) is 14.2 Å². The summed E-state index contributed by atoms with van der Waals surface area (Å²) in [6.07, 6.45) is 2.12. The molecule has 116 valence electrons. The maximum absolute atomic E-state index is 12.3. The molecule has 21 heavy (non-hydrogen) atoms. The quantitative estimate of drug-likeness (QED) is 0.902. The Labute approximate surface area is 126 Å². The zero-order chi connectivity index (χ0) is 15.4. The van der Waals surface area contributed by atoms with Crippen LogP contribution in [-0.4, -0.2) is 37.6 Å². The number of nitrogens with zero attached hydrogens (tertiary/aromatic N) is 1. The molecule has 1 amide bonds. The Bertz CT molecular complexity index is 504. The minimum atomic E-state index is -0.156. The van der Waals surface area contributed by atoms with Crippen LogP contribution in [0, 0.1) is 0 Å². The summed E-state index contributed by atoms with van der Waals surface area (Å²) in [5.74, 6) is 1.65. The molecule has 0 saturated carbocycles. The molecular weight excluding hydrogens is 268 g/mol. The van der Waals surface area contributed by atoms with Crippen LogP contribution in [-0.2, 0) is 4.79 Å². The van der Waals surface area contributed by atoms with Crippen molar-refractivity contribution in [3.05, 3.63) is 23.8 Å². The van der Waals surface area contributed by atoms with Gasteiger partial charge < -0.3 is 20.1 Å². The highest BCUT2D eigenvalue weighted by Gasteiger charge is 2.36. The van der Waals surface area contributed by atoms with Crippen molar-refractivity contribution in [2.45, 2.75) is 38.3 Å². The maximum atomic E-state index is 12.3. The van der Waals surface area contributed by atoms with Crippen LogP contribution in [0.5, 0.6) is 11.5 Å². The Balaban J connectivity index is 2.46. The summed E-state index contributed by atoms with van der Waals surface area (Å²) >= 11 is 0. The molecule has 1 aromatic carbocycles. The van der Waals surface area contributed by atoms with Gasteiger partial charge in [0.1, 0.15) is 11.5 Å². The Morgan fingerprint density at radius 3 is 2.71 bits per heavy atom. The molecule has 2 N–H and O–H groups in total. The summed E-state index contributed by atoms with van der Waals surface area (Å²) in [7, 11) is 3.26. The number of benzene rings is 1. The topological polar surface area (TPSA) is 64.8 Å². The van der Waals surface area contributed by atoms with Crippen molar-refractivity contribution in [2.75, 3.05) is 20.8 Å². The molecule has 2 unspecified atom stereocenters. The average Bonchev–Trinajstić information content (AvgIpc) is 2.51. The summed E-state index contributed by atoms with van der Waals surface area (Å²) in [6.45, 7) is 2.77. The largest absolute Gasteiger partial charge is 0.497 e. The van der Waals surface area contributed by atoms with Crippen LogP contribution < -0.4 is 15.2 Å². The van der Waals surface area contributed by atoms with Crippen LogP contribution in [0.3, 0.4) is 0 Å². The molecule has 0 bridgehead atoms. The van der Waals surface area contributed by atoms with E-state index in [1.165, 1.54) is 0 Å². The second-order valence-corrected chi connectivity index (χ2v) is 5.34. The first kappa shape index (κ1) is 15.6. The van der Waals surface area contributed by atoms with E-state index in [0.29, 0.717) is 19.4 Å². The van der Waals surface area contributed by atoms with Crippen molar-refractivity contribution in [2.24, 2.45) is 5.73 Å². The van der Waals surface area contributed by atoms with Gasteiger partial charge in [0.2, 0.25) is 5.91 Å². The van der Waals surface area contributed by atoms with Crippen LogP contribution in [0.15, 0.2) is 18.2 Å². The lowest BCUT2D eigenvalue weighted by molar-refractivity contribution is -0.137. The molecule has 1 saturated heterocycles. The predicted octanol–water partition coefficient (Wildman–Crippen LogP) is 2.10. The summed E-state index contributed by atoms with van der Waals surface area (Å²) in [5.41, 5.74) is 7.24. The number of carbonyl (C=O) groups excluding carboxylic acids is 1. The Kier molecular flexibility index (Phi) is 5.07. The molecule has 1 heterocycles. The van der Waals surface area contributed by atoms with E-state index >= 15 is 0 Å². The lowest BCUT2D eigenvalue weighted by Crippen LogP contribution is -2.49. The van der Waals surface area contributed by atoms with Crippen molar-refractivity contribution in [1.29, 1.82) is 0 Å². The van der Waals surface area contributed by atoms with Crippen LogP contribution in [0.2, 0.25) is 0 Å². The molecule has 2 rings (SSSR count). The summed E-state index contributed by atoms with van der Waals surface area (Å²) in [4.78, 5) is 14.1. The number of methoxy groups -OCH3 is 2. The van der Waals surface area contributed by atoms with E-state index < -0.39 is 0 Å². The van der Waals surface area contributed by atoms with Crippen molar-refractivity contribution in [3.63, 3.8) is 0 Å². The van der Waals surface area contributed by atoms with Gasteiger partial charge in [-0.3, -0.25) is 4.79 Å². The Morgan fingerprint density at radius 1 is 1.33 bits per heavy atom.